The lowest BCUT2D eigenvalue weighted by molar-refractivity contribution is 0.0781. The zero-order valence-electron chi connectivity index (χ0n) is 16.0. The van der Waals surface area contributed by atoms with Gasteiger partial charge in [-0.3, -0.25) is 10.1 Å². The van der Waals surface area contributed by atoms with Crippen LogP contribution in [0.1, 0.15) is 28.8 Å². The summed E-state index contributed by atoms with van der Waals surface area (Å²) in [5.41, 5.74) is 2.96. The number of urea groups is 1. The number of aromatic nitrogens is 2. The molecule has 1 fully saturated rings. The molecule has 1 aromatic carbocycles. The topological polar surface area (TPSA) is 73.7 Å². The van der Waals surface area contributed by atoms with Gasteiger partial charge < -0.3 is 14.7 Å². The van der Waals surface area contributed by atoms with Crippen LogP contribution in [0.2, 0.25) is 0 Å². The molecule has 4 heterocycles. The van der Waals surface area contributed by atoms with Crippen LogP contribution in [0.4, 0.5) is 22.1 Å². The Morgan fingerprint density at radius 2 is 1.89 bits per heavy atom. The molecule has 0 bridgehead atoms. The summed E-state index contributed by atoms with van der Waals surface area (Å²) >= 11 is 0. The lowest BCUT2D eigenvalue weighted by Crippen LogP contribution is -2.34. The highest BCUT2D eigenvalue weighted by Gasteiger charge is 2.27. The third kappa shape index (κ3) is 2.80. The van der Waals surface area contributed by atoms with E-state index in [-0.39, 0.29) is 11.9 Å². The number of likely N-dealkylation sites (tertiary alicyclic amines) is 1. The number of carbonyl (C=O) groups excluding carboxylic acids is 2. The number of carbonyl (C=O) groups is 2. The van der Waals surface area contributed by atoms with Gasteiger partial charge in [-0.05, 0) is 43.0 Å². The van der Waals surface area contributed by atoms with Crippen molar-refractivity contribution < 1.29 is 9.59 Å². The monoisotopic (exact) mass is 380 g/mol. The Labute approximate surface area is 163 Å². The van der Waals surface area contributed by atoms with Crippen LogP contribution in [-0.4, -0.2) is 64.7 Å². The Balaban J connectivity index is 1.37. The van der Waals surface area contributed by atoms with Gasteiger partial charge in [0.2, 0.25) is 0 Å². The second-order valence-corrected chi connectivity index (χ2v) is 7.71. The standard InChI is InChI=1S/C20H24N6O2/c1-23-9-6-14-12-15(4-5-16(14)19(23)27)25-10-11-26-18(25)13-17(22-26)21-20(28)24-7-2-3-8-24/h4-5,12-13H,2-3,6-11H2,1H3,(H,21,22,28). The number of anilines is 3. The summed E-state index contributed by atoms with van der Waals surface area (Å²) in [6.07, 6.45) is 3.00. The third-order valence-electron chi connectivity index (χ3n) is 5.89. The summed E-state index contributed by atoms with van der Waals surface area (Å²) in [4.78, 5) is 30.4. The SMILES string of the molecule is CN1CCc2cc(N3CCn4nc(NC(=O)N5CCCC5)cc43)ccc2C1=O. The lowest BCUT2D eigenvalue weighted by Gasteiger charge is -2.26. The van der Waals surface area contributed by atoms with Crippen molar-refractivity contribution in [2.45, 2.75) is 25.8 Å². The van der Waals surface area contributed by atoms with Crippen molar-refractivity contribution in [1.29, 1.82) is 0 Å². The molecule has 8 nitrogen and oxygen atoms in total. The smallest absolute Gasteiger partial charge is 0.323 e. The number of fused-ring (bicyclic) bond motifs is 2. The van der Waals surface area contributed by atoms with Crippen LogP contribution in [-0.2, 0) is 13.0 Å². The number of hydrogen-bond acceptors (Lipinski definition) is 4. The number of likely N-dealkylation sites (N-methyl/N-ethyl adjacent to an activating group) is 1. The molecule has 0 aliphatic carbocycles. The quantitative estimate of drug-likeness (QED) is 0.868. The molecular formula is C20H24N6O2. The van der Waals surface area contributed by atoms with E-state index >= 15 is 0 Å². The second-order valence-electron chi connectivity index (χ2n) is 7.71. The zero-order chi connectivity index (χ0) is 19.3. The van der Waals surface area contributed by atoms with E-state index in [1.165, 1.54) is 0 Å². The Morgan fingerprint density at radius 3 is 2.71 bits per heavy atom. The molecule has 8 heteroatoms. The minimum Gasteiger partial charge on any atom is -0.341 e. The molecule has 3 aliphatic rings. The van der Waals surface area contributed by atoms with Gasteiger partial charge in [-0.25, -0.2) is 9.48 Å². The van der Waals surface area contributed by atoms with E-state index < -0.39 is 0 Å². The van der Waals surface area contributed by atoms with Crippen LogP contribution in [0, 0.1) is 0 Å². The zero-order valence-corrected chi connectivity index (χ0v) is 16.0. The van der Waals surface area contributed by atoms with E-state index in [1.807, 2.05) is 34.8 Å². The fraction of sp³-hybridized carbons (Fsp3) is 0.450. The van der Waals surface area contributed by atoms with Crippen LogP contribution in [0.5, 0.6) is 0 Å². The molecule has 5 rings (SSSR count). The summed E-state index contributed by atoms with van der Waals surface area (Å²) in [6, 6.07) is 7.90. The van der Waals surface area contributed by atoms with E-state index in [2.05, 4.69) is 21.4 Å². The number of amides is 3. The Bertz CT molecular complexity index is 946. The minimum atomic E-state index is -0.0720. The maximum Gasteiger partial charge on any atom is 0.323 e. The molecule has 2 aromatic rings. The van der Waals surface area contributed by atoms with Gasteiger partial charge in [-0.2, -0.15) is 5.10 Å². The summed E-state index contributed by atoms with van der Waals surface area (Å²) in [5.74, 6) is 1.65. The number of nitrogens with zero attached hydrogens (tertiary/aromatic N) is 5. The molecule has 3 aliphatic heterocycles. The predicted octanol–water partition coefficient (Wildman–Crippen LogP) is 2.29. The molecule has 0 atom stereocenters. The van der Waals surface area contributed by atoms with Crippen molar-refractivity contribution >= 4 is 29.3 Å². The maximum atomic E-state index is 12.3. The second kappa shape index (κ2) is 6.54. The van der Waals surface area contributed by atoms with Crippen molar-refractivity contribution in [3.05, 3.63) is 35.4 Å². The Hall–Kier alpha value is -3.03. The van der Waals surface area contributed by atoms with Crippen molar-refractivity contribution in [3.8, 4) is 0 Å². The van der Waals surface area contributed by atoms with Gasteiger partial charge in [0.1, 0.15) is 5.82 Å². The van der Waals surface area contributed by atoms with Crippen LogP contribution < -0.4 is 10.2 Å². The summed E-state index contributed by atoms with van der Waals surface area (Å²) in [5, 5.41) is 7.47. The Morgan fingerprint density at radius 1 is 1.07 bits per heavy atom. The summed E-state index contributed by atoms with van der Waals surface area (Å²) in [7, 11) is 1.84. The van der Waals surface area contributed by atoms with Gasteiger partial charge in [0.15, 0.2) is 5.82 Å². The highest BCUT2D eigenvalue weighted by molar-refractivity contribution is 5.97. The largest absolute Gasteiger partial charge is 0.341 e. The highest BCUT2D eigenvalue weighted by atomic mass is 16.2. The highest BCUT2D eigenvalue weighted by Crippen LogP contribution is 2.34. The number of rotatable bonds is 2. The number of hydrogen-bond donors (Lipinski definition) is 1. The maximum absolute atomic E-state index is 12.3. The molecule has 0 spiro atoms. The van der Waals surface area contributed by atoms with Crippen molar-refractivity contribution in [1.82, 2.24) is 19.6 Å². The van der Waals surface area contributed by atoms with E-state index in [1.54, 1.807) is 4.90 Å². The van der Waals surface area contributed by atoms with Crippen molar-refractivity contribution in [2.75, 3.05) is 43.4 Å². The van der Waals surface area contributed by atoms with Gasteiger partial charge in [0.05, 0.1) is 6.54 Å². The molecular weight excluding hydrogens is 356 g/mol. The average Bonchev–Trinajstić information content (AvgIpc) is 3.41. The van der Waals surface area contributed by atoms with Gasteiger partial charge in [0.25, 0.3) is 5.91 Å². The fourth-order valence-corrected chi connectivity index (χ4v) is 4.29. The van der Waals surface area contributed by atoms with E-state index in [0.29, 0.717) is 5.82 Å². The Kier molecular flexibility index (Phi) is 3.99. The number of benzene rings is 1. The van der Waals surface area contributed by atoms with Gasteiger partial charge in [-0.15, -0.1) is 0 Å². The van der Waals surface area contributed by atoms with Crippen LogP contribution in [0.15, 0.2) is 24.3 Å². The summed E-state index contributed by atoms with van der Waals surface area (Å²) in [6.45, 7) is 3.98. The molecule has 1 aromatic heterocycles. The number of nitrogens with one attached hydrogen (secondary N) is 1. The minimum absolute atomic E-state index is 0.0720. The van der Waals surface area contributed by atoms with Gasteiger partial charge >= 0.3 is 6.03 Å². The third-order valence-corrected chi connectivity index (χ3v) is 5.89. The van der Waals surface area contributed by atoms with Crippen LogP contribution in [0.3, 0.4) is 0 Å². The molecule has 1 N–H and O–H groups in total. The average molecular weight is 380 g/mol. The summed E-state index contributed by atoms with van der Waals surface area (Å²) < 4.78 is 1.93. The fourth-order valence-electron chi connectivity index (χ4n) is 4.29. The van der Waals surface area contributed by atoms with Crippen molar-refractivity contribution in [2.24, 2.45) is 0 Å². The van der Waals surface area contributed by atoms with Crippen LogP contribution >= 0.6 is 0 Å². The first-order chi connectivity index (χ1) is 13.6. The van der Waals surface area contributed by atoms with Gasteiger partial charge in [0, 0.05) is 50.5 Å². The van der Waals surface area contributed by atoms with Crippen LogP contribution in [0.25, 0.3) is 0 Å². The predicted molar refractivity (Wildman–Crippen MR) is 106 cm³/mol. The molecule has 146 valence electrons. The van der Waals surface area contributed by atoms with Gasteiger partial charge in [-0.1, -0.05) is 0 Å². The first kappa shape index (κ1) is 17.1. The molecule has 1 saturated heterocycles. The molecule has 0 unspecified atom stereocenters. The molecule has 28 heavy (non-hydrogen) atoms. The molecule has 3 amide bonds. The van der Waals surface area contributed by atoms with E-state index in [4.69, 9.17) is 0 Å². The normalized spacial score (nSPS) is 18.5. The first-order valence-electron chi connectivity index (χ1n) is 9.90. The lowest BCUT2D eigenvalue weighted by atomic mass is 9.98. The molecule has 0 radical (unpaired) electrons. The van der Waals surface area contributed by atoms with Crippen molar-refractivity contribution in [3.63, 3.8) is 0 Å². The molecule has 0 saturated carbocycles. The van der Waals surface area contributed by atoms with E-state index in [9.17, 15) is 9.59 Å². The van der Waals surface area contributed by atoms with E-state index in [0.717, 1.165) is 74.6 Å². The first-order valence-corrected chi connectivity index (χ1v) is 9.90.